The van der Waals surface area contributed by atoms with Crippen molar-refractivity contribution in [1.82, 2.24) is 19.8 Å². The van der Waals surface area contributed by atoms with Crippen LogP contribution >= 0.6 is 0 Å². The van der Waals surface area contributed by atoms with Gasteiger partial charge in [0, 0.05) is 31.9 Å². The van der Waals surface area contributed by atoms with Crippen LogP contribution in [-0.2, 0) is 22.7 Å². The van der Waals surface area contributed by atoms with Crippen molar-refractivity contribution in [2.24, 2.45) is 5.92 Å². The van der Waals surface area contributed by atoms with Gasteiger partial charge in [0.1, 0.15) is 5.82 Å². The van der Waals surface area contributed by atoms with Gasteiger partial charge in [0.25, 0.3) is 0 Å². The van der Waals surface area contributed by atoms with Crippen LogP contribution in [0.15, 0.2) is 30.6 Å². The summed E-state index contributed by atoms with van der Waals surface area (Å²) >= 11 is 0. The summed E-state index contributed by atoms with van der Waals surface area (Å²) in [6, 6.07) is 6.44. The molecule has 0 radical (unpaired) electrons. The van der Waals surface area contributed by atoms with Gasteiger partial charge in [-0.3, -0.25) is 9.69 Å². The van der Waals surface area contributed by atoms with Gasteiger partial charge in [-0.1, -0.05) is 26.0 Å². The third-order valence-electron chi connectivity index (χ3n) is 4.87. The Kier molecular flexibility index (Phi) is 6.80. The largest absolute Gasteiger partial charge is 0.370 e. The van der Waals surface area contributed by atoms with E-state index in [0.29, 0.717) is 45.2 Å². The molecule has 28 heavy (non-hydrogen) atoms. The van der Waals surface area contributed by atoms with Crippen molar-refractivity contribution in [3.05, 3.63) is 53.4 Å². The summed E-state index contributed by atoms with van der Waals surface area (Å²) < 4.78 is 19.6. The summed E-state index contributed by atoms with van der Waals surface area (Å²) in [6.45, 7) is 9.32. The third-order valence-corrected chi connectivity index (χ3v) is 4.87. The molecule has 152 valence electrons. The maximum atomic E-state index is 13.4. The zero-order chi connectivity index (χ0) is 20.1. The number of ether oxygens (including phenoxy) is 1. The Balaban J connectivity index is 1.71. The highest BCUT2D eigenvalue weighted by molar-refractivity contribution is 5.78. The van der Waals surface area contributed by atoms with Crippen LogP contribution in [0.5, 0.6) is 0 Å². The molecule has 3 rings (SSSR count). The topological polar surface area (TPSA) is 61.5 Å². The number of nitrogens with zero attached hydrogens (tertiary/aromatic N) is 3. The fourth-order valence-corrected chi connectivity index (χ4v) is 3.49. The molecule has 7 heteroatoms. The summed E-state index contributed by atoms with van der Waals surface area (Å²) in [5.41, 5.74) is 2.74. The fraction of sp³-hybridized carbons (Fsp3) is 0.524. The van der Waals surface area contributed by atoms with Crippen molar-refractivity contribution < 1.29 is 13.9 Å². The maximum Gasteiger partial charge on any atom is 0.236 e. The van der Waals surface area contributed by atoms with E-state index in [1.807, 2.05) is 17.9 Å². The van der Waals surface area contributed by atoms with Crippen LogP contribution in [0, 0.1) is 18.7 Å². The van der Waals surface area contributed by atoms with Crippen LogP contribution in [-0.4, -0.2) is 58.0 Å². The van der Waals surface area contributed by atoms with Gasteiger partial charge < -0.3 is 14.6 Å². The van der Waals surface area contributed by atoms with Crippen molar-refractivity contribution in [3.8, 4) is 0 Å². The summed E-state index contributed by atoms with van der Waals surface area (Å²) in [4.78, 5) is 24.2. The lowest BCUT2D eigenvalue weighted by Crippen LogP contribution is -2.40. The van der Waals surface area contributed by atoms with E-state index in [1.54, 1.807) is 12.4 Å². The van der Waals surface area contributed by atoms with E-state index < -0.39 is 0 Å². The SMILES string of the molecule is Cc1[nH]cnc1CN1CC(=O)N(CC(C)C)C[C@H](OCc2cccc(F)c2)C1. The van der Waals surface area contributed by atoms with E-state index in [0.717, 1.165) is 17.0 Å². The molecule has 0 aliphatic carbocycles. The number of hydrogen-bond donors (Lipinski definition) is 1. The van der Waals surface area contributed by atoms with E-state index in [2.05, 4.69) is 28.7 Å². The summed E-state index contributed by atoms with van der Waals surface area (Å²) in [6.07, 6.45) is 1.53. The molecule has 6 nitrogen and oxygen atoms in total. The molecule has 2 heterocycles. The molecule has 1 aliphatic rings. The molecule has 1 aromatic carbocycles. The van der Waals surface area contributed by atoms with E-state index in [1.165, 1.54) is 12.1 Å². The molecule has 0 spiro atoms. The Morgan fingerprint density at radius 3 is 2.86 bits per heavy atom. The number of benzene rings is 1. The first kappa shape index (κ1) is 20.5. The number of carbonyl (C=O) groups excluding carboxylic acids is 1. The minimum absolute atomic E-state index is 0.110. The van der Waals surface area contributed by atoms with Crippen LogP contribution in [0.4, 0.5) is 4.39 Å². The second kappa shape index (κ2) is 9.30. The van der Waals surface area contributed by atoms with Crippen molar-refractivity contribution in [2.75, 3.05) is 26.2 Å². The minimum Gasteiger partial charge on any atom is -0.370 e. The van der Waals surface area contributed by atoms with Gasteiger partial charge in [0.05, 0.1) is 31.3 Å². The first-order valence-electron chi connectivity index (χ1n) is 9.75. The highest BCUT2D eigenvalue weighted by Crippen LogP contribution is 2.16. The highest BCUT2D eigenvalue weighted by Gasteiger charge is 2.29. The molecule has 1 N–H and O–H groups in total. The van der Waals surface area contributed by atoms with Gasteiger partial charge in [-0.05, 0) is 30.5 Å². The van der Waals surface area contributed by atoms with E-state index in [4.69, 9.17) is 4.74 Å². The van der Waals surface area contributed by atoms with E-state index >= 15 is 0 Å². The molecule has 0 saturated carbocycles. The minimum atomic E-state index is -0.269. The average Bonchev–Trinajstić information content (AvgIpc) is 2.96. The number of aryl methyl sites for hydroxylation is 1. The Morgan fingerprint density at radius 1 is 1.36 bits per heavy atom. The van der Waals surface area contributed by atoms with Gasteiger partial charge in [0.2, 0.25) is 5.91 Å². The van der Waals surface area contributed by atoms with Crippen LogP contribution in [0.2, 0.25) is 0 Å². The lowest BCUT2D eigenvalue weighted by atomic mass is 10.2. The van der Waals surface area contributed by atoms with Gasteiger partial charge in [-0.2, -0.15) is 0 Å². The number of imidazole rings is 1. The lowest BCUT2D eigenvalue weighted by Gasteiger charge is -2.26. The second-order valence-corrected chi connectivity index (χ2v) is 7.90. The van der Waals surface area contributed by atoms with Crippen molar-refractivity contribution in [2.45, 2.75) is 40.0 Å². The normalized spacial score (nSPS) is 18.7. The highest BCUT2D eigenvalue weighted by atomic mass is 19.1. The Hall–Kier alpha value is -2.25. The molecular formula is C21H29FN4O2. The van der Waals surface area contributed by atoms with Crippen LogP contribution in [0.1, 0.15) is 30.8 Å². The number of hydrogen-bond acceptors (Lipinski definition) is 4. The zero-order valence-corrected chi connectivity index (χ0v) is 16.8. The quantitative estimate of drug-likeness (QED) is 0.792. The molecular weight excluding hydrogens is 359 g/mol. The number of amides is 1. The van der Waals surface area contributed by atoms with Gasteiger partial charge in [-0.25, -0.2) is 9.37 Å². The van der Waals surface area contributed by atoms with Gasteiger partial charge in [-0.15, -0.1) is 0 Å². The van der Waals surface area contributed by atoms with Crippen molar-refractivity contribution in [3.63, 3.8) is 0 Å². The van der Waals surface area contributed by atoms with Crippen LogP contribution in [0.25, 0.3) is 0 Å². The molecule has 1 amide bonds. The Bertz CT molecular complexity index is 792. The number of halogens is 1. The number of nitrogens with one attached hydrogen (secondary N) is 1. The van der Waals surface area contributed by atoms with Gasteiger partial charge >= 0.3 is 0 Å². The standard InChI is InChI=1S/C21H29FN4O2/c1-15(2)8-26-10-19(28-13-17-5-4-6-18(22)7-17)9-25(12-21(26)27)11-20-16(3)23-14-24-20/h4-7,14-15,19H,8-13H2,1-3H3,(H,23,24)/t19-/m1/s1. The molecule has 1 aliphatic heterocycles. The zero-order valence-electron chi connectivity index (χ0n) is 16.8. The molecule has 2 aromatic rings. The Morgan fingerprint density at radius 2 is 2.18 bits per heavy atom. The number of aromatic amines is 1. The number of carbonyl (C=O) groups is 1. The van der Waals surface area contributed by atoms with Crippen LogP contribution in [0.3, 0.4) is 0 Å². The first-order valence-corrected chi connectivity index (χ1v) is 9.75. The molecule has 1 atom stereocenters. The molecule has 1 fully saturated rings. The van der Waals surface area contributed by atoms with E-state index in [-0.39, 0.29) is 17.8 Å². The first-order chi connectivity index (χ1) is 13.4. The third kappa shape index (κ3) is 5.62. The molecule has 0 bridgehead atoms. The predicted molar refractivity (Wildman–Crippen MR) is 105 cm³/mol. The smallest absolute Gasteiger partial charge is 0.236 e. The average molecular weight is 388 g/mol. The number of H-pyrrole nitrogens is 1. The predicted octanol–water partition coefficient (Wildman–Crippen LogP) is 2.74. The summed E-state index contributed by atoms with van der Waals surface area (Å²) in [7, 11) is 0. The molecule has 0 unspecified atom stereocenters. The van der Waals surface area contributed by atoms with Gasteiger partial charge in [0.15, 0.2) is 0 Å². The lowest BCUT2D eigenvalue weighted by molar-refractivity contribution is -0.132. The monoisotopic (exact) mass is 388 g/mol. The fourth-order valence-electron chi connectivity index (χ4n) is 3.49. The Labute approximate surface area is 165 Å². The number of aromatic nitrogens is 2. The van der Waals surface area contributed by atoms with Crippen molar-refractivity contribution >= 4 is 5.91 Å². The molecule has 1 aromatic heterocycles. The van der Waals surface area contributed by atoms with Crippen LogP contribution < -0.4 is 0 Å². The summed E-state index contributed by atoms with van der Waals surface area (Å²) in [5.74, 6) is 0.223. The maximum absolute atomic E-state index is 13.4. The van der Waals surface area contributed by atoms with E-state index in [9.17, 15) is 9.18 Å². The molecule has 1 saturated heterocycles. The second-order valence-electron chi connectivity index (χ2n) is 7.90. The number of rotatable bonds is 7. The van der Waals surface area contributed by atoms with Crippen molar-refractivity contribution in [1.29, 1.82) is 0 Å². The summed E-state index contributed by atoms with van der Waals surface area (Å²) in [5, 5.41) is 0.